The van der Waals surface area contributed by atoms with Crippen molar-refractivity contribution < 1.29 is 18.0 Å². The number of nitrogens with zero attached hydrogens (tertiary/aromatic N) is 7. The Kier molecular flexibility index (Phi) is 6.41. The van der Waals surface area contributed by atoms with Crippen LogP contribution in [0.5, 0.6) is 0 Å². The van der Waals surface area contributed by atoms with Crippen LogP contribution in [0.1, 0.15) is 34.8 Å². The molecule has 1 fully saturated rings. The molecule has 3 N–H and O–H groups in total. The molecule has 0 bridgehead atoms. The zero-order chi connectivity index (χ0) is 28.9. The summed E-state index contributed by atoms with van der Waals surface area (Å²) in [6.07, 6.45) is 2.35. The normalized spacial score (nSPS) is 13.5. The fraction of sp³-hybridized carbons (Fsp3) is 0.192. The molecule has 5 aromatic rings. The van der Waals surface area contributed by atoms with Crippen LogP contribution in [-0.2, 0) is 6.54 Å². The molecule has 41 heavy (non-hydrogen) atoms. The van der Waals surface area contributed by atoms with Crippen LogP contribution in [0.25, 0.3) is 28.1 Å². The number of hydrogen-bond donors (Lipinski definition) is 2. The van der Waals surface area contributed by atoms with Crippen molar-refractivity contribution in [2.75, 3.05) is 11.1 Å². The van der Waals surface area contributed by atoms with Crippen LogP contribution in [0.2, 0.25) is 5.02 Å². The van der Waals surface area contributed by atoms with Gasteiger partial charge in [0.15, 0.2) is 0 Å². The van der Waals surface area contributed by atoms with Crippen LogP contribution in [-0.4, -0.2) is 46.4 Å². The number of fused-ring (bicyclic) bond motifs is 1. The average molecular weight is 582 g/mol. The number of hydrogen-bond acceptors (Lipinski definition) is 8. The summed E-state index contributed by atoms with van der Waals surface area (Å²) in [7, 11) is 0. The molecule has 0 saturated heterocycles. The highest BCUT2D eigenvalue weighted by Gasteiger charge is 2.30. The van der Waals surface area contributed by atoms with Crippen LogP contribution in [0.3, 0.4) is 0 Å². The first-order valence-corrected chi connectivity index (χ1v) is 12.7. The summed E-state index contributed by atoms with van der Waals surface area (Å²) < 4.78 is 41.4. The molecule has 208 valence electrons. The third kappa shape index (κ3) is 5.33. The van der Waals surface area contributed by atoms with Gasteiger partial charge in [0.05, 0.1) is 28.5 Å². The van der Waals surface area contributed by atoms with Gasteiger partial charge in [0, 0.05) is 23.4 Å². The Hall–Kier alpha value is -4.85. The first-order valence-electron chi connectivity index (χ1n) is 12.3. The van der Waals surface area contributed by atoms with Gasteiger partial charge < -0.3 is 15.6 Å². The van der Waals surface area contributed by atoms with E-state index in [-0.39, 0.29) is 39.3 Å². The van der Waals surface area contributed by atoms with Gasteiger partial charge >= 0.3 is 6.18 Å². The Bertz CT molecular complexity index is 1850. The minimum Gasteiger partial charge on any atom is -0.383 e. The predicted molar refractivity (Wildman–Crippen MR) is 144 cm³/mol. The highest BCUT2D eigenvalue weighted by Crippen LogP contribution is 2.39. The Morgan fingerprint density at radius 3 is 2.46 bits per heavy atom. The van der Waals surface area contributed by atoms with Crippen molar-refractivity contribution in [1.82, 2.24) is 34.3 Å². The molecule has 4 aromatic heterocycles. The van der Waals surface area contributed by atoms with Gasteiger partial charge in [-0.3, -0.25) is 9.59 Å². The Labute approximate surface area is 233 Å². The SMILES string of the molecule is Nc1ncnc2c1c(-c1ccc(NC(=O)c3cc(C4CC4)nn(-c4ncc(Cl)cn4)c3=O)cc1)cn2CC(F)(F)F. The van der Waals surface area contributed by atoms with Gasteiger partial charge in [-0.15, -0.1) is 0 Å². The number of benzene rings is 1. The second kappa shape index (κ2) is 9.96. The molecule has 6 rings (SSSR count). The van der Waals surface area contributed by atoms with E-state index in [1.165, 1.54) is 24.7 Å². The number of nitrogens with one attached hydrogen (secondary N) is 1. The zero-order valence-electron chi connectivity index (χ0n) is 20.9. The Morgan fingerprint density at radius 2 is 1.80 bits per heavy atom. The summed E-state index contributed by atoms with van der Waals surface area (Å²) in [5, 5.41) is 7.60. The smallest absolute Gasteiger partial charge is 0.383 e. The lowest BCUT2D eigenvalue weighted by Gasteiger charge is -2.10. The minimum atomic E-state index is -4.47. The second-order valence-electron chi connectivity index (χ2n) is 9.45. The van der Waals surface area contributed by atoms with Crippen LogP contribution in [0, 0.1) is 0 Å². The lowest BCUT2D eigenvalue weighted by atomic mass is 10.1. The number of anilines is 2. The number of amides is 1. The third-order valence-electron chi connectivity index (χ3n) is 6.45. The average Bonchev–Trinajstić information content (AvgIpc) is 3.72. The lowest BCUT2D eigenvalue weighted by molar-refractivity contribution is -0.139. The molecular weight excluding hydrogens is 563 g/mol. The van der Waals surface area contributed by atoms with Gasteiger partial charge in [0.25, 0.3) is 17.4 Å². The summed E-state index contributed by atoms with van der Waals surface area (Å²) in [4.78, 5) is 42.4. The van der Waals surface area contributed by atoms with Crippen molar-refractivity contribution in [2.45, 2.75) is 31.5 Å². The van der Waals surface area contributed by atoms with E-state index in [1.807, 2.05) is 0 Å². The van der Waals surface area contributed by atoms with Gasteiger partial charge in [0.1, 0.15) is 29.9 Å². The van der Waals surface area contributed by atoms with Crippen molar-refractivity contribution in [3.05, 3.63) is 81.9 Å². The molecule has 0 radical (unpaired) electrons. The predicted octanol–water partition coefficient (Wildman–Crippen LogP) is 4.36. The molecule has 11 nitrogen and oxygen atoms in total. The highest BCUT2D eigenvalue weighted by atomic mass is 35.5. The number of halogens is 4. The molecule has 0 atom stereocenters. The maximum Gasteiger partial charge on any atom is 0.406 e. The fourth-order valence-corrected chi connectivity index (χ4v) is 4.51. The van der Waals surface area contributed by atoms with Gasteiger partial charge in [-0.05, 0) is 36.6 Å². The van der Waals surface area contributed by atoms with E-state index in [0.29, 0.717) is 22.5 Å². The number of aromatic nitrogens is 7. The third-order valence-corrected chi connectivity index (χ3v) is 6.65. The first kappa shape index (κ1) is 26.4. The van der Waals surface area contributed by atoms with Crippen molar-refractivity contribution in [1.29, 1.82) is 0 Å². The maximum absolute atomic E-state index is 13.2. The lowest BCUT2D eigenvalue weighted by Crippen LogP contribution is -2.31. The second-order valence-corrected chi connectivity index (χ2v) is 9.89. The molecule has 1 aliphatic rings. The van der Waals surface area contributed by atoms with E-state index in [9.17, 15) is 22.8 Å². The molecule has 0 aliphatic heterocycles. The number of nitrogen functional groups attached to an aromatic ring is 1. The van der Waals surface area contributed by atoms with Crippen LogP contribution in [0.4, 0.5) is 24.7 Å². The molecule has 1 aromatic carbocycles. The summed E-state index contributed by atoms with van der Waals surface area (Å²) in [5.41, 5.74) is 7.02. The molecule has 1 amide bonds. The minimum absolute atomic E-state index is 0.0201. The van der Waals surface area contributed by atoms with Crippen molar-refractivity contribution >= 4 is 40.0 Å². The molecule has 1 aliphatic carbocycles. The quantitative estimate of drug-likeness (QED) is 0.301. The number of carbonyl (C=O) groups excluding carboxylic acids is 1. The van der Waals surface area contributed by atoms with Gasteiger partial charge in [0.2, 0.25) is 0 Å². The highest BCUT2D eigenvalue weighted by molar-refractivity contribution is 6.30. The fourth-order valence-electron chi connectivity index (χ4n) is 4.42. The van der Waals surface area contributed by atoms with Gasteiger partial charge in [-0.2, -0.15) is 23.0 Å². The number of rotatable bonds is 6. The van der Waals surface area contributed by atoms with Crippen molar-refractivity contribution in [3.8, 4) is 17.1 Å². The van der Waals surface area contributed by atoms with Crippen molar-refractivity contribution in [2.24, 2.45) is 0 Å². The number of alkyl halides is 3. The monoisotopic (exact) mass is 581 g/mol. The van der Waals surface area contributed by atoms with E-state index in [1.54, 1.807) is 24.3 Å². The molecule has 0 unspecified atom stereocenters. The molecular formula is C26H19ClF3N9O2. The van der Waals surface area contributed by atoms with Crippen LogP contribution in [0.15, 0.2) is 60.0 Å². The molecule has 4 heterocycles. The summed E-state index contributed by atoms with van der Waals surface area (Å²) in [5.74, 6) is -0.535. The van der Waals surface area contributed by atoms with E-state index in [0.717, 1.165) is 28.4 Å². The number of nitrogens with two attached hydrogens (primary N) is 1. The van der Waals surface area contributed by atoms with E-state index >= 15 is 0 Å². The topological polar surface area (TPSA) is 146 Å². The standard InChI is InChI=1S/C26H19ClF3N9O2/c27-15-8-32-25(33-9-15)39-24(41)17(7-19(37-39)14-1-2-14)23(40)36-16-5-3-13(4-6-16)18-10-38(11-26(28,29)30)22-20(18)21(31)34-12-35-22/h3-10,12,14H,1-2,11H2,(H,36,40)(H2,31,34,35). The molecule has 1 saturated carbocycles. The number of carbonyl (C=O) groups is 1. The van der Waals surface area contributed by atoms with E-state index in [2.05, 4.69) is 30.4 Å². The Morgan fingerprint density at radius 1 is 1.10 bits per heavy atom. The van der Waals surface area contributed by atoms with Crippen LogP contribution < -0.4 is 16.6 Å². The zero-order valence-corrected chi connectivity index (χ0v) is 21.7. The Balaban J connectivity index is 1.31. The van der Waals surface area contributed by atoms with E-state index in [4.69, 9.17) is 17.3 Å². The summed E-state index contributed by atoms with van der Waals surface area (Å²) in [6.45, 7) is -1.25. The van der Waals surface area contributed by atoms with E-state index < -0.39 is 24.2 Å². The summed E-state index contributed by atoms with van der Waals surface area (Å²) in [6, 6.07) is 7.80. The van der Waals surface area contributed by atoms with Gasteiger partial charge in [-0.25, -0.2) is 19.9 Å². The summed E-state index contributed by atoms with van der Waals surface area (Å²) >= 11 is 5.86. The van der Waals surface area contributed by atoms with Crippen LogP contribution >= 0.6 is 11.6 Å². The maximum atomic E-state index is 13.2. The van der Waals surface area contributed by atoms with Gasteiger partial charge in [-0.1, -0.05) is 23.7 Å². The van der Waals surface area contributed by atoms with Crippen molar-refractivity contribution in [3.63, 3.8) is 0 Å². The first-order chi connectivity index (χ1) is 19.6. The largest absolute Gasteiger partial charge is 0.406 e. The molecule has 0 spiro atoms. The molecule has 15 heteroatoms.